The molecule has 1 rings (SSSR count). The van der Waals surface area contributed by atoms with E-state index in [1.165, 1.54) is 0 Å². The van der Waals surface area contributed by atoms with E-state index in [9.17, 15) is 13.2 Å². The van der Waals surface area contributed by atoms with Crippen LogP contribution in [0.2, 0.25) is 0 Å². The summed E-state index contributed by atoms with van der Waals surface area (Å²) >= 11 is 0. The number of nitrogens with zero attached hydrogens (tertiary/aromatic N) is 2. The molecule has 0 aliphatic heterocycles. The molecule has 17 heavy (non-hydrogen) atoms. The first kappa shape index (κ1) is 14.0. The van der Waals surface area contributed by atoms with Crippen LogP contribution in [0.3, 0.4) is 0 Å². The summed E-state index contributed by atoms with van der Waals surface area (Å²) in [5, 5.41) is 0. The van der Waals surface area contributed by atoms with E-state index in [-0.39, 0.29) is 12.5 Å². The minimum Gasteiger partial charge on any atom is -0.333 e. The second kappa shape index (κ2) is 6.05. The summed E-state index contributed by atoms with van der Waals surface area (Å²) in [4.78, 5) is 3.98. The van der Waals surface area contributed by atoms with E-state index >= 15 is 0 Å². The fourth-order valence-corrected chi connectivity index (χ4v) is 1.64. The lowest BCUT2D eigenvalue weighted by atomic mass is 10.1. The lowest BCUT2D eigenvalue weighted by Crippen LogP contribution is -2.14. The molecule has 0 aliphatic carbocycles. The number of hydrogen-bond acceptors (Lipinski definition) is 2. The summed E-state index contributed by atoms with van der Waals surface area (Å²) in [6.45, 7) is 2.50. The van der Waals surface area contributed by atoms with Gasteiger partial charge in [-0.2, -0.15) is 13.2 Å². The summed E-state index contributed by atoms with van der Waals surface area (Å²) in [6.07, 6.45) is -0.0686. The Morgan fingerprint density at radius 2 is 2.12 bits per heavy atom. The number of halogens is 3. The molecule has 0 fully saturated rings. The third kappa shape index (κ3) is 4.77. The molecular weight excluding hydrogens is 231 g/mol. The SMILES string of the molecule is CC[C@@H](N)c1cncn1CCCCC(F)(F)F. The van der Waals surface area contributed by atoms with Gasteiger partial charge in [0.25, 0.3) is 0 Å². The van der Waals surface area contributed by atoms with Gasteiger partial charge in [-0.3, -0.25) is 0 Å². The van der Waals surface area contributed by atoms with Gasteiger partial charge in [-0.1, -0.05) is 6.92 Å². The van der Waals surface area contributed by atoms with Crippen LogP contribution in [0.1, 0.15) is 44.3 Å². The van der Waals surface area contributed by atoms with Crippen LogP contribution in [0.15, 0.2) is 12.5 Å². The second-order valence-corrected chi connectivity index (χ2v) is 4.10. The molecule has 1 atom stereocenters. The highest BCUT2D eigenvalue weighted by Crippen LogP contribution is 2.22. The zero-order valence-corrected chi connectivity index (χ0v) is 9.87. The van der Waals surface area contributed by atoms with E-state index in [0.717, 1.165) is 12.1 Å². The van der Waals surface area contributed by atoms with Gasteiger partial charge >= 0.3 is 6.18 Å². The molecule has 0 saturated heterocycles. The molecule has 6 heteroatoms. The molecule has 0 saturated carbocycles. The van der Waals surface area contributed by atoms with Crippen LogP contribution >= 0.6 is 0 Å². The fourth-order valence-electron chi connectivity index (χ4n) is 1.64. The van der Waals surface area contributed by atoms with Crippen LogP contribution in [0.25, 0.3) is 0 Å². The molecule has 0 aliphatic rings. The molecule has 0 radical (unpaired) electrons. The van der Waals surface area contributed by atoms with Gasteiger partial charge in [0.2, 0.25) is 0 Å². The van der Waals surface area contributed by atoms with Crippen molar-refractivity contribution in [3.05, 3.63) is 18.2 Å². The number of rotatable bonds is 6. The van der Waals surface area contributed by atoms with E-state index < -0.39 is 12.6 Å². The van der Waals surface area contributed by atoms with Crippen LogP contribution in [-0.4, -0.2) is 15.7 Å². The highest BCUT2D eigenvalue weighted by Gasteiger charge is 2.25. The minimum absolute atomic E-state index is 0.0971. The summed E-state index contributed by atoms with van der Waals surface area (Å²) in [7, 11) is 0. The van der Waals surface area contributed by atoms with Crippen molar-refractivity contribution in [1.29, 1.82) is 0 Å². The monoisotopic (exact) mass is 249 g/mol. The molecule has 0 amide bonds. The average Bonchev–Trinajstić information content (AvgIpc) is 2.70. The van der Waals surface area contributed by atoms with Crippen molar-refractivity contribution in [2.75, 3.05) is 0 Å². The molecule has 0 unspecified atom stereocenters. The second-order valence-electron chi connectivity index (χ2n) is 4.10. The van der Waals surface area contributed by atoms with Crippen molar-refractivity contribution in [3.8, 4) is 0 Å². The molecule has 0 spiro atoms. The number of unbranched alkanes of at least 4 members (excludes halogenated alkanes) is 1. The van der Waals surface area contributed by atoms with Crippen LogP contribution < -0.4 is 5.73 Å². The molecular formula is C11H18F3N3. The topological polar surface area (TPSA) is 43.8 Å². The zero-order valence-electron chi connectivity index (χ0n) is 9.87. The largest absolute Gasteiger partial charge is 0.389 e. The van der Waals surface area contributed by atoms with Crippen molar-refractivity contribution in [2.45, 2.75) is 51.4 Å². The predicted molar refractivity (Wildman–Crippen MR) is 59.4 cm³/mol. The smallest absolute Gasteiger partial charge is 0.333 e. The van der Waals surface area contributed by atoms with Crippen molar-refractivity contribution in [3.63, 3.8) is 0 Å². The first-order valence-corrected chi connectivity index (χ1v) is 5.76. The molecule has 1 aromatic rings. The summed E-state index contributed by atoms with van der Waals surface area (Å²) in [5.41, 5.74) is 6.76. The van der Waals surface area contributed by atoms with Crippen molar-refractivity contribution < 1.29 is 13.2 Å². The van der Waals surface area contributed by atoms with E-state index in [4.69, 9.17) is 5.73 Å². The van der Waals surface area contributed by atoms with E-state index in [0.29, 0.717) is 13.0 Å². The first-order chi connectivity index (χ1) is 7.94. The van der Waals surface area contributed by atoms with Gasteiger partial charge in [0, 0.05) is 25.2 Å². The molecule has 0 aromatic carbocycles. The Labute approximate surface area is 98.8 Å². The first-order valence-electron chi connectivity index (χ1n) is 5.76. The molecule has 1 aromatic heterocycles. The predicted octanol–water partition coefficient (Wildman–Crippen LogP) is 3.03. The highest BCUT2D eigenvalue weighted by molar-refractivity contribution is 5.04. The van der Waals surface area contributed by atoms with Gasteiger partial charge < -0.3 is 10.3 Å². The summed E-state index contributed by atoms with van der Waals surface area (Å²) in [5.74, 6) is 0. The molecule has 98 valence electrons. The van der Waals surface area contributed by atoms with Crippen molar-refractivity contribution in [1.82, 2.24) is 9.55 Å². The number of alkyl halides is 3. The van der Waals surface area contributed by atoms with Gasteiger partial charge in [0.15, 0.2) is 0 Å². The van der Waals surface area contributed by atoms with Gasteiger partial charge in [0.1, 0.15) is 0 Å². The minimum atomic E-state index is -4.06. The number of nitrogens with two attached hydrogens (primary N) is 1. The normalized spacial score (nSPS) is 13.9. The Bertz CT molecular complexity index is 333. The van der Waals surface area contributed by atoms with Crippen LogP contribution in [0.4, 0.5) is 13.2 Å². The van der Waals surface area contributed by atoms with Crippen molar-refractivity contribution in [2.24, 2.45) is 5.73 Å². The van der Waals surface area contributed by atoms with Gasteiger partial charge in [0.05, 0.1) is 12.0 Å². The van der Waals surface area contributed by atoms with Gasteiger partial charge in [-0.25, -0.2) is 4.98 Å². The summed E-state index contributed by atoms with van der Waals surface area (Å²) < 4.78 is 37.7. The Hall–Kier alpha value is -1.04. The molecule has 1 heterocycles. The maximum Gasteiger partial charge on any atom is 0.389 e. The Morgan fingerprint density at radius 3 is 2.71 bits per heavy atom. The molecule has 3 nitrogen and oxygen atoms in total. The lowest BCUT2D eigenvalue weighted by molar-refractivity contribution is -0.135. The number of hydrogen-bond donors (Lipinski definition) is 1. The van der Waals surface area contributed by atoms with E-state index in [1.54, 1.807) is 12.5 Å². The third-order valence-electron chi connectivity index (χ3n) is 2.67. The maximum absolute atomic E-state index is 11.9. The average molecular weight is 249 g/mol. The zero-order chi connectivity index (χ0) is 12.9. The van der Waals surface area contributed by atoms with E-state index in [1.807, 2.05) is 11.5 Å². The number of imidazole rings is 1. The molecule has 0 bridgehead atoms. The Balaban J connectivity index is 2.39. The number of aromatic nitrogens is 2. The Morgan fingerprint density at radius 1 is 1.41 bits per heavy atom. The summed E-state index contributed by atoms with van der Waals surface area (Å²) in [6, 6.07) is -0.0971. The van der Waals surface area contributed by atoms with E-state index in [2.05, 4.69) is 4.98 Å². The van der Waals surface area contributed by atoms with Crippen LogP contribution in [0, 0.1) is 0 Å². The van der Waals surface area contributed by atoms with Crippen LogP contribution in [0.5, 0.6) is 0 Å². The van der Waals surface area contributed by atoms with Crippen LogP contribution in [-0.2, 0) is 6.54 Å². The third-order valence-corrected chi connectivity index (χ3v) is 2.67. The molecule has 2 N–H and O–H groups in total. The van der Waals surface area contributed by atoms with Gasteiger partial charge in [-0.05, 0) is 19.3 Å². The Kier molecular flexibility index (Phi) is 4.99. The van der Waals surface area contributed by atoms with Crippen molar-refractivity contribution >= 4 is 0 Å². The quantitative estimate of drug-likeness (QED) is 0.787. The lowest BCUT2D eigenvalue weighted by Gasteiger charge is -2.13. The number of aryl methyl sites for hydroxylation is 1. The maximum atomic E-state index is 11.9. The fraction of sp³-hybridized carbons (Fsp3) is 0.727. The standard InChI is InChI=1S/C11H18F3N3/c1-2-9(15)10-7-16-8-17(10)6-4-3-5-11(12,13)14/h7-9H,2-6,15H2,1H3/t9-/m1/s1. The highest BCUT2D eigenvalue weighted by atomic mass is 19.4. The van der Waals surface area contributed by atoms with Gasteiger partial charge in [-0.15, -0.1) is 0 Å².